The number of nitrogens with zero attached hydrogens (tertiary/aromatic N) is 3. The predicted octanol–water partition coefficient (Wildman–Crippen LogP) is 1.63. The van der Waals surface area contributed by atoms with E-state index in [9.17, 15) is 0 Å². The average molecular weight is 236 g/mol. The fourth-order valence-corrected chi connectivity index (χ4v) is 2.81. The molecule has 2 atom stereocenters. The summed E-state index contributed by atoms with van der Waals surface area (Å²) in [6.45, 7) is 8.45. The normalized spacial score (nSPS) is 23.1. The number of rotatable bonds is 5. The summed E-state index contributed by atoms with van der Waals surface area (Å²) in [6.07, 6.45) is 6.47. The van der Waals surface area contributed by atoms with Crippen LogP contribution >= 0.6 is 0 Å². The van der Waals surface area contributed by atoms with Gasteiger partial charge in [-0.2, -0.15) is 0 Å². The molecule has 96 valence electrons. The molecule has 0 bridgehead atoms. The highest BCUT2D eigenvalue weighted by atomic mass is 15.2. The lowest BCUT2D eigenvalue weighted by molar-refractivity contribution is 0.232. The van der Waals surface area contributed by atoms with E-state index in [1.165, 1.54) is 31.6 Å². The summed E-state index contributed by atoms with van der Waals surface area (Å²) >= 11 is 0. The Bertz CT molecular complexity index is 347. The number of hydrogen-bond acceptors (Lipinski definition) is 3. The molecule has 0 aromatic carbocycles. The van der Waals surface area contributed by atoms with Crippen molar-refractivity contribution in [3.05, 3.63) is 18.2 Å². The highest BCUT2D eigenvalue weighted by molar-refractivity contribution is 5.07. The van der Waals surface area contributed by atoms with Crippen LogP contribution < -0.4 is 5.73 Å². The van der Waals surface area contributed by atoms with E-state index in [0.717, 1.165) is 12.5 Å². The Morgan fingerprint density at radius 3 is 2.94 bits per heavy atom. The molecule has 2 heterocycles. The molecule has 1 aromatic heterocycles. The van der Waals surface area contributed by atoms with Crippen molar-refractivity contribution < 1.29 is 0 Å². The predicted molar refractivity (Wildman–Crippen MR) is 69.7 cm³/mol. The maximum absolute atomic E-state index is 5.97. The van der Waals surface area contributed by atoms with Gasteiger partial charge < -0.3 is 10.3 Å². The monoisotopic (exact) mass is 236 g/mol. The highest BCUT2D eigenvalue weighted by Crippen LogP contribution is 2.28. The van der Waals surface area contributed by atoms with E-state index < -0.39 is 0 Å². The van der Waals surface area contributed by atoms with Crippen LogP contribution in [0.1, 0.15) is 38.4 Å². The lowest BCUT2D eigenvalue weighted by Gasteiger charge is -2.27. The number of likely N-dealkylation sites (tertiary alicyclic amines) is 1. The Hall–Kier alpha value is -0.870. The summed E-state index contributed by atoms with van der Waals surface area (Å²) in [4.78, 5) is 6.78. The second-order valence-corrected chi connectivity index (χ2v) is 4.91. The van der Waals surface area contributed by atoms with Crippen molar-refractivity contribution in [2.45, 2.75) is 39.3 Å². The molecule has 2 N–H and O–H groups in total. The van der Waals surface area contributed by atoms with Gasteiger partial charge in [0.1, 0.15) is 0 Å². The minimum Gasteiger partial charge on any atom is -0.333 e. The number of aromatic nitrogens is 2. The third-order valence-electron chi connectivity index (χ3n) is 3.99. The Labute approximate surface area is 104 Å². The second kappa shape index (κ2) is 5.65. The van der Waals surface area contributed by atoms with E-state index in [0.29, 0.717) is 12.6 Å². The second-order valence-electron chi connectivity index (χ2n) is 4.91. The van der Waals surface area contributed by atoms with E-state index in [2.05, 4.69) is 28.3 Å². The van der Waals surface area contributed by atoms with Gasteiger partial charge in [-0.05, 0) is 25.8 Å². The molecule has 0 radical (unpaired) electrons. The smallest absolute Gasteiger partial charge is 0.0948 e. The van der Waals surface area contributed by atoms with Crippen LogP contribution in [0.15, 0.2) is 12.5 Å². The van der Waals surface area contributed by atoms with Gasteiger partial charge in [0, 0.05) is 25.8 Å². The summed E-state index contributed by atoms with van der Waals surface area (Å²) in [7, 11) is 0. The molecule has 4 nitrogen and oxygen atoms in total. The first-order chi connectivity index (χ1) is 8.30. The van der Waals surface area contributed by atoms with E-state index in [1.807, 2.05) is 12.5 Å². The third kappa shape index (κ3) is 2.53. The van der Waals surface area contributed by atoms with Crippen LogP contribution in [0, 0.1) is 5.92 Å². The zero-order valence-corrected chi connectivity index (χ0v) is 11.0. The first kappa shape index (κ1) is 12.6. The molecule has 1 saturated heterocycles. The van der Waals surface area contributed by atoms with E-state index in [-0.39, 0.29) is 0 Å². The molecule has 0 saturated carbocycles. The largest absolute Gasteiger partial charge is 0.333 e. The van der Waals surface area contributed by atoms with Crippen molar-refractivity contribution in [1.29, 1.82) is 0 Å². The van der Waals surface area contributed by atoms with Crippen molar-refractivity contribution in [2.75, 3.05) is 19.6 Å². The van der Waals surface area contributed by atoms with Gasteiger partial charge in [0.25, 0.3) is 0 Å². The molecule has 1 aliphatic rings. The van der Waals surface area contributed by atoms with Gasteiger partial charge >= 0.3 is 0 Å². The van der Waals surface area contributed by atoms with Gasteiger partial charge in [-0.25, -0.2) is 4.98 Å². The zero-order valence-electron chi connectivity index (χ0n) is 11.0. The maximum Gasteiger partial charge on any atom is 0.0948 e. The standard InChI is InChI=1S/C13H24N4/c1-3-11-5-6-17(9-11)12(7-14)13-8-15-10-16(13)4-2/h8,10-12H,3-7,9,14H2,1-2H3. The number of aryl methyl sites for hydroxylation is 1. The summed E-state index contributed by atoms with van der Waals surface area (Å²) in [5.41, 5.74) is 7.24. The van der Waals surface area contributed by atoms with Crippen LogP contribution in [-0.2, 0) is 6.54 Å². The summed E-state index contributed by atoms with van der Waals surface area (Å²) < 4.78 is 2.21. The van der Waals surface area contributed by atoms with E-state index in [1.54, 1.807) is 0 Å². The van der Waals surface area contributed by atoms with Gasteiger partial charge in [-0.3, -0.25) is 4.90 Å². The molecule has 0 spiro atoms. The Balaban J connectivity index is 2.11. The van der Waals surface area contributed by atoms with Crippen molar-refractivity contribution >= 4 is 0 Å². The van der Waals surface area contributed by atoms with Crippen LogP contribution in [0.3, 0.4) is 0 Å². The van der Waals surface area contributed by atoms with Crippen LogP contribution in [0.25, 0.3) is 0 Å². The van der Waals surface area contributed by atoms with Crippen LogP contribution in [-0.4, -0.2) is 34.1 Å². The molecular weight excluding hydrogens is 212 g/mol. The van der Waals surface area contributed by atoms with Crippen molar-refractivity contribution in [3.63, 3.8) is 0 Å². The van der Waals surface area contributed by atoms with Crippen molar-refractivity contribution in [2.24, 2.45) is 11.7 Å². The lowest BCUT2D eigenvalue weighted by atomic mass is 10.1. The molecule has 1 aromatic rings. The number of hydrogen-bond donors (Lipinski definition) is 1. The average Bonchev–Trinajstić information content (AvgIpc) is 2.99. The fourth-order valence-electron chi connectivity index (χ4n) is 2.81. The van der Waals surface area contributed by atoms with E-state index in [4.69, 9.17) is 5.73 Å². The molecule has 0 aliphatic carbocycles. The summed E-state index contributed by atoms with van der Waals surface area (Å²) in [5, 5.41) is 0. The van der Waals surface area contributed by atoms with Crippen molar-refractivity contribution in [1.82, 2.24) is 14.5 Å². The summed E-state index contributed by atoms with van der Waals surface area (Å²) in [6, 6.07) is 0.342. The van der Waals surface area contributed by atoms with Gasteiger partial charge in [0.05, 0.1) is 18.1 Å². The Morgan fingerprint density at radius 2 is 2.35 bits per heavy atom. The van der Waals surface area contributed by atoms with Crippen LogP contribution in [0.4, 0.5) is 0 Å². The molecule has 1 fully saturated rings. The molecule has 1 aliphatic heterocycles. The SMILES string of the molecule is CCC1CCN(C(CN)c2cncn2CC)C1. The fraction of sp³-hybridized carbons (Fsp3) is 0.769. The molecule has 0 amide bonds. The first-order valence-electron chi connectivity index (χ1n) is 6.74. The lowest BCUT2D eigenvalue weighted by Crippen LogP contribution is -2.33. The molecule has 2 rings (SSSR count). The molecule has 2 unspecified atom stereocenters. The third-order valence-corrected chi connectivity index (χ3v) is 3.99. The minimum absolute atomic E-state index is 0.342. The van der Waals surface area contributed by atoms with Gasteiger partial charge in [0.15, 0.2) is 0 Å². The molecular formula is C13H24N4. The quantitative estimate of drug-likeness (QED) is 0.845. The van der Waals surface area contributed by atoms with Crippen LogP contribution in [0.2, 0.25) is 0 Å². The Morgan fingerprint density at radius 1 is 1.53 bits per heavy atom. The minimum atomic E-state index is 0.342. The first-order valence-corrected chi connectivity index (χ1v) is 6.74. The highest BCUT2D eigenvalue weighted by Gasteiger charge is 2.28. The van der Waals surface area contributed by atoms with E-state index >= 15 is 0 Å². The van der Waals surface area contributed by atoms with Gasteiger partial charge in [0.2, 0.25) is 0 Å². The molecule has 17 heavy (non-hydrogen) atoms. The van der Waals surface area contributed by atoms with Gasteiger partial charge in [-0.1, -0.05) is 13.3 Å². The zero-order chi connectivity index (χ0) is 12.3. The maximum atomic E-state index is 5.97. The van der Waals surface area contributed by atoms with Gasteiger partial charge in [-0.15, -0.1) is 0 Å². The van der Waals surface area contributed by atoms with Crippen LogP contribution in [0.5, 0.6) is 0 Å². The number of nitrogens with two attached hydrogens (primary N) is 1. The number of imidazole rings is 1. The topological polar surface area (TPSA) is 47.1 Å². The summed E-state index contributed by atoms with van der Waals surface area (Å²) in [5.74, 6) is 0.849. The Kier molecular flexibility index (Phi) is 4.18. The van der Waals surface area contributed by atoms with Crippen molar-refractivity contribution in [3.8, 4) is 0 Å². The molecule has 4 heteroatoms.